The second-order valence-electron chi connectivity index (χ2n) is 12.0. The molecular formula is C26H44N2O5S. The summed E-state index contributed by atoms with van der Waals surface area (Å²) in [6.45, 7) is 8.32. The number of carbonyl (C=O) groups is 1. The zero-order valence-electron chi connectivity index (χ0n) is 21.1. The lowest BCUT2D eigenvalue weighted by Crippen LogP contribution is -2.51. The van der Waals surface area contributed by atoms with Crippen LogP contribution in [0.3, 0.4) is 0 Å². The second kappa shape index (κ2) is 9.83. The predicted molar refractivity (Wildman–Crippen MR) is 132 cm³/mol. The summed E-state index contributed by atoms with van der Waals surface area (Å²) in [7, 11) is -4.42. The van der Waals surface area contributed by atoms with E-state index in [-0.39, 0.29) is 22.7 Å². The Balaban J connectivity index is 1.45. The van der Waals surface area contributed by atoms with Crippen molar-refractivity contribution in [2.75, 3.05) is 13.1 Å². The molecule has 0 heterocycles. The first kappa shape index (κ1) is 26.1. The van der Waals surface area contributed by atoms with Gasteiger partial charge in [0.2, 0.25) is 5.91 Å². The maximum atomic E-state index is 12.9. The first-order chi connectivity index (χ1) is 16.0. The molecule has 0 aromatic carbocycles. The van der Waals surface area contributed by atoms with Gasteiger partial charge in [-0.25, -0.2) is 4.18 Å². The van der Waals surface area contributed by atoms with Crippen LogP contribution in [0.1, 0.15) is 85.0 Å². The molecule has 4 rings (SSSR count). The van der Waals surface area contributed by atoms with E-state index in [0.29, 0.717) is 49.6 Å². The average Bonchev–Trinajstić information content (AvgIpc) is 3.12. The Hall–Kier alpha value is -0.960. The summed E-state index contributed by atoms with van der Waals surface area (Å²) in [6.07, 6.45) is 11.6. The third-order valence-corrected chi connectivity index (χ3v) is 10.9. The molecule has 0 aromatic rings. The highest BCUT2D eigenvalue weighted by molar-refractivity contribution is 7.80. The summed E-state index contributed by atoms with van der Waals surface area (Å²) in [5.41, 5.74) is 7.16. The fourth-order valence-electron chi connectivity index (χ4n) is 8.57. The minimum atomic E-state index is -4.42. The van der Waals surface area contributed by atoms with Crippen LogP contribution in [0.2, 0.25) is 0 Å². The van der Waals surface area contributed by atoms with Crippen LogP contribution in [-0.2, 0) is 19.4 Å². The van der Waals surface area contributed by atoms with E-state index in [4.69, 9.17) is 14.5 Å². The average molecular weight is 497 g/mol. The topological polar surface area (TPSA) is 119 Å². The largest absolute Gasteiger partial charge is 0.397 e. The normalized spacial score (nSPS) is 40.5. The number of unbranched alkanes of at least 4 members (excludes halogenated alkanes) is 1. The van der Waals surface area contributed by atoms with E-state index in [1.165, 1.54) is 12.0 Å². The number of carbonyl (C=O) groups excluding carboxylic acids is 1. The highest BCUT2D eigenvalue weighted by Gasteiger charge is 2.59. The van der Waals surface area contributed by atoms with E-state index in [1.807, 2.05) is 0 Å². The first-order valence-electron chi connectivity index (χ1n) is 13.3. The summed E-state index contributed by atoms with van der Waals surface area (Å²) >= 11 is 0. The number of fused-ring (bicyclic) bond motifs is 5. The van der Waals surface area contributed by atoms with Crippen molar-refractivity contribution in [3.63, 3.8) is 0 Å². The zero-order chi connectivity index (χ0) is 24.7. The molecule has 4 N–H and O–H groups in total. The van der Waals surface area contributed by atoms with Crippen molar-refractivity contribution < 1.29 is 21.9 Å². The van der Waals surface area contributed by atoms with E-state index in [1.54, 1.807) is 0 Å². The van der Waals surface area contributed by atoms with Crippen LogP contribution in [0.5, 0.6) is 0 Å². The molecule has 7 nitrogen and oxygen atoms in total. The standard InChI is InChI=1S/C26H44N2O5S/c1-17(24(29)28-15-5-4-14-27)21-8-9-22-20-7-6-18-16-19(33-34(30,31)32)10-12-25(18,2)23(20)11-13-26(21,22)3/h6,17,19-23H,4-5,7-16,27H2,1-3H3,(H,28,29)(H,30,31,32)/t17?,19-,20-,21+,22-,23-,25-,26+/m0/s1. The summed E-state index contributed by atoms with van der Waals surface area (Å²) in [6, 6.07) is 0. The van der Waals surface area contributed by atoms with Crippen LogP contribution in [0.25, 0.3) is 0 Å². The molecule has 3 fully saturated rings. The maximum Gasteiger partial charge on any atom is 0.397 e. The van der Waals surface area contributed by atoms with Crippen LogP contribution in [0, 0.1) is 40.4 Å². The third kappa shape index (κ3) is 4.84. The molecule has 194 valence electrons. The number of hydrogen-bond acceptors (Lipinski definition) is 5. The lowest BCUT2D eigenvalue weighted by molar-refractivity contribution is -0.129. The van der Waals surface area contributed by atoms with Crippen LogP contribution < -0.4 is 11.1 Å². The Bertz CT molecular complexity index is 905. The summed E-state index contributed by atoms with van der Waals surface area (Å²) in [5, 5.41) is 3.15. The van der Waals surface area contributed by atoms with Crippen LogP contribution >= 0.6 is 0 Å². The Morgan fingerprint density at radius 1 is 1.21 bits per heavy atom. The lowest BCUT2D eigenvalue weighted by atomic mass is 9.47. The van der Waals surface area contributed by atoms with E-state index in [9.17, 15) is 13.2 Å². The molecule has 8 atom stereocenters. The summed E-state index contributed by atoms with van der Waals surface area (Å²) < 4.78 is 36.5. The van der Waals surface area contributed by atoms with E-state index in [2.05, 4.69) is 32.2 Å². The molecule has 8 heteroatoms. The molecule has 1 amide bonds. The molecule has 0 spiro atoms. The summed E-state index contributed by atoms with van der Waals surface area (Å²) in [5.74, 6) is 2.49. The highest BCUT2D eigenvalue weighted by Crippen LogP contribution is 2.67. The second-order valence-corrected chi connectivity index (χ2v) is 13.0. The number of rotatable bonds is 8. The van der Waals surface area contributed by atoms with Crippen molar-refractivity contribution >= 4 is 16.3 Å². The smallest absolute Gasteiger partial charge is 0.356 e. The third-order valence-electron chi connectivity index (χ3n) is 10.3. The molecule has 0 bridgehead atoms. The van der Waals surface area contributed by atoms with Gasteiger partial charge in [0, 0.05) is 12.5 Å². The van der Waals surface area contributed by atoms with E-state index < -0.39 is 16.5 Å². The Kier molecular flexibility index (Phi) is 7.55. The van der Waals surface area contributed by atoms with Gasteiger partial charge in [-0.15, -0.1) is 0 Å². The SMILES string of the molecule is CC(C(=O)NCCCCN)[C@H]1CC[C@H]2[C@@H]3CC=C4C[C@@H](OS(=O)(=O)O)CC[C@]4(C)[C@H]3CC[C@]12C. The van der Waals surface area contributed by atoms with Gasteiger partial charge < -0.3 is 11.1 Å². The van der Waals surface area contributed by atoms with Gasteiger partial charge in [-0.1, -0.05) is 32.4 Å². The van der Waals surface area contributed by atoms with Crippen molar-refractivity contribution in [3.05, 3.63) is 11.6 Å². The quantitative estimate of drug-likeness (QED) is 0.263. The molecule has 3 saturated carbocycles. The van der Waals surface area contributed by atoms with Crippen molar-refractivity contribution in [3.8, 4) is 0 Å². The predicted octanol–water partition coefficient (Wildman–Crippen LogP) is 4.24. The molecule has 0 saturated heterocycles. The van der Waals surface area contributed by atoms with Gasteiger partial charge in [0.1, 0.15) is 0 Å². The van der Waals surface area contributed by atoms with Crippen molar-refractivity contribution in [2.24, 2.45) is 46.2 Å². The molecular weight excluding hydrogens is 452 g/mol. The van der Waals surface area contributed by atoms with Gasteiger partial charge in [-0.05, 0) is 105 Å². The number of allylic oxidation sites excluding steroid dienone is 1. The molecule has 4 aliphatic rings. The van der Waals surface area contributed by atoms with Gasteiger partial charge in [0.05, 0.1) is 6.10 Å². The fraction of sp³-hybridized carbons (Fsp3) is 0.885. The van der Waals surface area contributed by atoms with Gasteiger partial charge in [-0.3, -0.25) is 9.35 Å². The molecule has 0 aromatic heterocycles. The minimum absolute atomic E-state index is 0.0303. The lowest BCUT2D eigenvalue weighted by Gasteiger charge is -2.58. The van der Waals surface area contributed by atoms with E-state index in [0.717, 1.165) is 44.9 Å². The first-order valence-corrected chi connectivity index (χ1v) is 14.7. The number of nitrogens with two attached hydrogens (primary N) is 1. The van der Waals surface area contributed by atoms with Crippen LogP contribution in [-0.4, -0.2) is 38.1 Å². The monoisotopic (exact) mass is 496 g/mol. The number of hydrogen-bond donors (Lipinski definition) is 3. The van der Waals surface area contributed by atoms with Crippen LogP contribution in [0.4, 0.5) is 0 Å². The molecule has 34 heavy (non-hydrogen) atoms. The number of amides is 1. The maximum absolute atomic E-state index is 12.9. The van der Waals surface area contributed by atoms with E-state index >= 15 is 0 Å². The molecule has 1 unspecified atom stereocenters. The van der Waals surface area contributed by atoms with Gasteiger partial charge in [-0.2, -0.15) is 8.42 Å². The Morgan fingerprint density at radius 2 is 1.97 bits per heavy atom. The Labute approximate surface area is 205 Å². The summed E-state index contributed by atoms with van der Waals surface area (Å²) in [4.78, 5) is 12.9. The molecule has 0 radical (unpaired) electrons. The zero-order valence-corrected chi connectivity index (χ0v) is 21.9. The van der Waals surface area contributed by atoms with Gasteiger partial charge >= 0.3 is 10.4 Å². The van der Waals surface area contributed by atoms with Crippen molar-refractivity contribution in [2.45, 2.75) is 91.1 Å². The minimum Gasteiger partial charge on any atom is -0.356 e. The fourth-order valence-corrected chi connectivity index (χ4v) is 9.08. The molecule has 0 aliphatic heterocycles. The van der Waals surface area contributed by atoms with Gasteiger partial charge in [0.25, 0.3) is 0 Å². The van der Waals surface area contributed by atoms with Gasteiger partial charge in [0.15, 0.2) is 0 Å². The van der Waals surface area contributed by atoms with Crippen molar-refractivity contribution in [1.29, 1.82) is 0 Å². The number of nitrogens with one attached hydrogen (secondary N) is 1. The van der Waals surface area contributed by atoms with Crippen LogP contribution in [0.15, 0.2) is 11.6 Å². The highest BCUT2D eigenvalue weighted by atomic mass is 32.3. The Morgan fingerprint density at radius 3 is 2.68 bits per heavy atom. The van der Waals surface area contributed by atoms with Crippen molar-refractivity contribution in [1.82, 2.24) is 5.32 Å². The molecule has 4 aliphatic carbocycles.